The zero-order chi connectivity index (χ0) is 13.1. The maximum absolute atomic E-state index is 12.2. The fraction of sp³-hybridized carbons (Fsp3) is 0.833. The van der Waals surface area contributed by atoms with Gasteiger partial charge < -0.3 is 20.0 Å². The van der Waals surface area contributed by atoms with Crippen molar-refractivity contribution in [1.82, 2.24) is 20.0 Å². The molecule has 0 aliphatic carbocycles. The van der Waals surface area contributed by atoms with Crippen molar-refractivity contribution in [2.24, 2.45) is 0 Å². The Labute approximate surface area is 108 Å². The number of amides is 3. The topological polar surface area (TPSA) is 55.9 Å². The SMILES string of the molecule is CN(C)C(=O)CN1CCN(C2CCNCC2)C1=O. The van der Waals surface area contributed by atoms with E-state index in [0.29, 0.717) is 12.6 Å². The molecule has 18 heavy (non-hydrogen) atoms. The normalized spacial score (nSPS) is 21.6. The highest BCUT2D eigenvalue weighted by molar-refractivity contribution is 5.85. The third-order valence-electron chi connectivity index (χ3n) is 3.70. The lowest BCUT2D eigenvalue weighted by atomic mass is 10.1. The molecule has 2 heterocycles. The van der Waals surface area contributed by atoms with Gasteiger partial charge in [0.25, 0.3) is 0 Å². The van der Waals surface area contributed by atoms with Crippen molar-refractivity contribution in [2.75, 3.05) is 46.8 Å². The lowest BCUT2D eigenvalue weighted by molar-refractivity contribution is -0.129. The van der Waals surface area contributed by atoms with Gasteiger partial charge in [-0.05, 0) is 25.9 Å². The van der Waals surface area contributed by atoms with E-state index in [1.54, 1.807) is 19.0 Å². The molecule has 0 aromatic rings. The second kappa shape index (κ2) is 5.56. The van der Waals surface area contributed by atoms with Gasteiger partial charge in [-0.3, -0.25) is 4.79 Å². The summed E-state index contributed by atoms with van der Waals surface area (Å²) in [7, 11) is 3.43. The molecule has 6 nitrogen and oxygen atoms in total. The lowest BCUT2D eigenvalue weighted by Crippen LogP contribution is -2.46. The Morgan fingerprint density at radius 2 is 2.00 bits per heavy atom. The van der Waals surface area contributed by atoms with Gasteiger partial charge in [0.05, 0.1) is 0 Å². The summed E-state index contributed by atoms with van der Waals surface area (Å²) in [5, 5.41) is 3.30. The van der Waals surface area contributed by atoms with Gasteiger partial charge >= 0.3 is 6.03 Å². The number of hydrogen-bond acceptors (Lipinski definition) is 3. The molecule has 0 saturated carbocycles. The van der Waals surface area contributed by atoms with Crippen LogP contribution in [0.4, 0.5) is 4.79 Å². The molecular formula is C12H22N4O2. The maximum atomic E-state index is 12.2. The predicted molar refractivity (Wildman–Crippen MR) is 68.3 cm³/mol. The van der Waals surface area contributed by atoms with Crippen LogP contribution in [0.15, 0.2) is 0 Å². The van der Waals surface area contributed by atoms with Gasteiger partial charge in [0.2, 0.25) is 5.91 Å². The molecule has 2 aliphatic rings. The number of urea groups is 1. The van der Waals surface area contributed by atoms with E-state index >= 15 is 0 Å². The zero-order valence-corrected chi connectivity index (χ0v) is 11.2. The molecule has 0 unspecified atom stereocenters. The number of nitrogens with zero attached hydrogens (tertiary/aromatic N) is 3. The Hall–Kier alpha value is -1.30. The average molecular weight is 254 g/mol. The highest BCUT2D eigenvalue weighted by Gasteiger charge is 2.34. The van der Waals surface area contributed by atoms with Crippen LogP contribution < -0.4 is 5.32 Å². The van der Waals surface area contributed by atoms with E-state index in [1.807, 2.05) is 4.90 Å². The van der Waals surface area contributed by atoms with Crippen molar-refractivity contribution in [3.63, 3.8) is 0 Å². The summed E-state index contributed by atoms with van der Waals surface area (Å²) in [6, 6.07) is 0.371. The summed E-state index contributed by atoms with van der Waals surface area (Å²) >= 11 is 0. The summed E-state index contributed by atoms with van der Waals surface area (Å²) in [4.78, 5) is 29.0. The van der Waals surface area contributed by atoms with Crippen LogP contribution in [0.2, 0.25) is 0 Å². The summed E-state index contributed by atoms with van der Waals surface area (Å²) in [5.41, 5.74) is 0. The molecule has 0 aromatic carbocycles. The molecule has 2 rings (SSSR count). The van der Waals surface area contributed by atoms with E-state index in [4.69, 9.17) is 0 Å². The first-order valence-electron chi connectivity index (χ1n) is 6.56. The van der Waals surface area contributed by atoms with E-state index in [-0.39, 0.29) is 18.5 Å². The number of carbonyl (C=O) groups excluding carboxylic acids is 2. The molecule has 102 valence electrons. The highest BCUT2D eigenvalue weighted by atomic mass is 16.2. The minimum absolute atomic E-state index is 0.0180. The van der Waals surface area contributed by atoms with Gasteiger partial charge in [0.1, 0.15) is 6.54 Å². The van der Waals surface area contributed by atoms with Crippen LogP contribution in [0.1, 0.15) is 12.8 Å². The minimum atomic E-state index is -0.0180. The van der Waals surface area contributed by atoms with E-state index in [0.717, 1.165) is 32.5 Å². The fourth-order valence-electron chi connectivity index (χ4n) is 2.51. The Morgan fingerprint density at radius 3 is 2.61 bits per heavy atom. The standard InChI is InChI=1S/C12H22N4O2/c1-14(2)11(17)9-15-7-8-16(12(15)18)10-3-5-13-6-4-10/h10,13H,3-9H2,1-2H3. The average Bonchev–Trinajstić information content (AvgIpc) is 2.72. The minimum Gasteiger partial charge on any atom is -0.347 e. The molecule has 0 radical (unpaired) electrons. The Balaban J connectivity index is 1.90. The van der Waals surface area contributed by atoms with Gasteiger partial charge in [-0.2, -0.15) is 0 Å². The van der Waals surface area contributed by atoms with Crippen LogP contribution in [0.3, 0.4) is 0 Å². The molecule has 2 fully saturated rings. The number of hydrogen-bond donors (Lipinski definition) is 1. The van der Waals surface area contributed by atoms with Gasteiger partial charge in [0.15, 0.2) is 0 Å². The Bertz CT molecular complexity index is 326. The predicted octanol–water partition coefficient (Wildman–Crippen LogP) is -0.436. The second-order valence-corrected chi connectivity index (χ2v) is 5.17. The van der Waals surface area contributed by atoms with E-state index in [9.17, 15) is 9.59 Å². The van der Waals surface area contributed by atoms with Crippen molar-refractivity contribution in [3.05, 3.63) is 0 Å². The number of carbonyl (C=O) groups is 2. The molecule has 0 atom stereocenters. The highest BCUT2D eigenvalue weighted by Crippen LogP contribution is 2.18. The van der Waals surface area contributed by atoms with Crippen LogP contribution in [0.25, 0.3) is 0 Å². The first kappa shape index (κ1) is 13.1. The fourth-order valence-corrected chi connectivity index (χ4v) is 2.51. The summed E-state index contributed by atoms with van der Waals surface area (Å²) < 4.78 is 0. The third kappa shape index (κ3) is 2.75. The Kier molecular flexibility index (Phi) is 4.06. The molecule has 3 amide bonds. The monoisotopic (exact) mass is 254 g/mol. The van der Waals surface area contributed by atoms with Crippen molar-refractivity contribution in [3.8, 4) is 0 Å². The number of piperidine rings is 1. The first-order valence-corrected chi connectivity index (χ1v) is 6.56. The van der Waals surface area contributed by atoms with Crippen molar-refractivity contribution in [2.45, 2.75) is 18.9 Å². The molecule has 2 saturated heterocycles. The largest absolute Gasteiger partial charge is 0.347 e. The molecule has 2 aliphatic heterocycles. The number of rotatable bonds is 3. The van der Waals surface area contributed by atoms with Crippen molar-refractivity contribution < 1.29 is 9.59 Å². The lowest BCUT2D eigenvalue weighted by Gasteiger charge is -2.31. The summed E-state index contributed by atoms with van der Waals surface area (Å²) in [6.45, 7) is 3.58. The summed E-state index contributed by atoms with van der Waals surface area (Å²) in [5.74, 6) is -0.0180. The first-order chi connectivity index (χ1) is 8.59. The molecule has 0 spiro atoms. The number of likely N-dealkylation sites (N-methyl/N-ethyl adjacent to an activating group) is 1. The quantitative estimate of drug-likeness (QED) is 0.743. The molecule has 0 aromatic heterocycles. The van der Waals surface area contributed by atoms with Crippen LogP contribution in [0, 0.1) is 0 Å². The van der Waals surface area contributed by atoms with Crippen LogP contribution in [0.5, 0.6) is 0 Å². The molecule has 6 heteroatoms. The number of nitrogens with one attached hydrogen (secondary N) is 1. The zero-order valence-electron chi connectivity index (χ0n) is 11.2. The van der Waals surface area contributed by atoms with Crippen LogP contribution in [-0.2, 0) is 4.79 Å². The van der Waals surface area contributed by atoms with E-state index < -0.39 is 0 Å². The Morgan fingerprint density at radius 1 is 1.33 bits per heavy atom. The molecule has 0 bridgehead atoms. The van der Waals surface area contributed by atoms with Crippen LogP contribution in [-0.4, -0.2) is 79.5 Å². The van der Waals surface area contributed by atoms with Crippen molar-refractivity contribution in [1.29, 1.82) is 0 Å². The van der Waals surface area contributed by atoms with Crippen LogP contribution >= 0.6 is 0 Å². The van der Waals surface area contributed by atoms with E-state index in [1.165, 1.54) is 4.90 Å². The van der Waals surface area contributed by atoms with Gasteiger partial charge in [-0.25, -0.2) is 4.79 Å². The second-order valence-electron chi connectivity index (χ2n) is 5.17. The van der Waals surface area contributed by atoms with Gasteiger partial charge in [-0.1, -0.05) is 0 Å². The van der Waals surface area contributed by atoms with Gasteiger partial charge in [-0.15, -0.1) is 0 Å². The van der Waals surface area contributed by atoms with Gasteiger partial charge in [0, 0.05) is 33.2 Å². The van der Waals surface area contributed by atoms with Crippen molar-refractivity contribution >= 4 is 11.9 Å². The molecular weight excluding hydrogens is 232 g/mol. The maximum Gasteiger partial charge on any atom is 0.320 e. The van der Waals surface area contributed by atoms with E-state index in [2.05, 4.69) is 5.32 Å². The smallest absolute Gasteiger partial charge is 0.320 e. The summed E-state index contributed by atoms with van der Waals surface area (Å²) in [6.07, 6.45) is 2.03. The third-order valence-corrected chi connectivity index (χ3v) is 3.70. The molecule has 1 N–H and O–H groups in total.